The Kier molecular flexibility index (Phi) is 7.37. The van der Waals surface area contributed by atoms with Gasteiger partial charge in [-0.15, -0.1) is 0 Å². The van der Waals surface area contributed by atoms with E-state index in [-0.39, 0.29) is 41.3 Å². The fourth-order valence-corrected chi connectivity index (χ4v) is 3.63. The van der Waals surface area contributed by atoms with Crippen molar-refractivity contribution >= 4 is 40.8 Å². The molecule has 0 aliphatic rings. The molecular formula is C24H19Cl2N5O5. The highest BCUT2D eigenvalue weighted by molar-refractivity contribution is 6.32. The number of carbonyl (C=O) groups is 1. The number of aromatic nitrogens is 4. The summed E-state index contributed by atoms with van der Waals surface area (Å²) in [5.74, 6) is -0.632. The largest absolute Gasteiger partial charge is 0.478 e. The van der Waals surface area contributed by atoms with Crippen molar-refractivity contribution in [3.05, 3.63) is 103 Å². The van der Waals surface area contributed by atoms with E-state index in [9.17, 15) is 14.4 Å². The van der Waals surface area contributed by atoms with Gasteiger partial charge in [-0.25, -0.2) is 23.9 Å². The van der Waals surface area contributed by atoms with Crippen molar-refractivity contribution < 1.29 is 14.6 Å². The van der Waals surface area contributed by atoms with E-state index in [1.165, 1.54) is 29.0 Å². The van der Waals surface area contributed by atoms with E-state index >= 15 is 0 Å². The number of hydrogen-bond acceptors (Lipinski definition) is 7. The molecule has 0 bridgehead atoms. The van der Waals surface area contributed by atoms with Crippen LogP contribution in [0.2, 0.25) is 10.0 Å². The SMILES string of the molecule is CCn1c(=O)nc(Nc2ccc(Oc3ccc(C(=O)O)cn3)c(Cl)c2)n(Cc2ccc(Cl)cc2)c1=O. The van der Waals surface area contributed by atoms with Gasteiger partial charge in [0, 0.05) is 29.5 Å². The Morgan fingerprint density at radius 2 is 1.81 bits per heavy atom. The molecule has 0 unspecified atom stereocenters. The summed E-state index contributed by atoms with van der Waals surface area (Å²) < 4.78 is 8.01. The number of aromatic carboxylic acids is 1. The molecule has 0 spiro atoms. The molecule has 12 heteroatoms. The highest BCUT2D eigenvalue weighted by atomic mass is 35.5. The molecule has 0 saturated heterocycles. The topological polar surface area (TPSA) is 128 Å². The maximum absolute atomic E-state index is 13.0. The first-order valence-electron chi connectivity index (χ1n) is 10.6. The Bertz CT molecular complexity index is 1530. The zero-order valence-corrected chi connectivity index (χ0v) is 20.3. The minimum Gasteiger partial charge on any atom is -0.478 e. The fourth-order valence-electron chi connectivity index (χ4n) is 3.28. The average Bonchev–Trinajstić information content (AvgIpc) is 2.85. The van der Waals surface area contributed by atoms with Gasteiger partial charge in [0.05, 0.1) is 17.1 Å². The molecule has 2 heterocycles. The lowest BCUT2D eigenvalue weighted by atomic mass is 10.2. The standard InChI is InChI=1S/C24H19Cl2N5O5/c1-2-30-23(34)29-22(31(24(30)35)13-14-3-6-16(25)7-4-14)28-17-8-9-19(18(26)11-17)36-20-10-5-15(12-27-20)21(32)33/h3-12H,2,13H2,1H3,(H,32,33)(H,28,29,34). The van der Waals surface area contributed by atoms with E-state index in [1.807, 2.05) is 0 Å². The van der Waals surface area contributed by atoms with Gasteiger partial charge in [-0.05, 0) is 48.9 Å². The maximum atomic E-state index is 13.0. The number of halogens is 2. The first-order valence-corrected chi connectivity index (χ1v) is 11.4. The Morgan fingerprint density at radius 1 is 1.06 bits per heavy atom. The molecule has 0 fully saturated rings. The summed E-state index contributed by atoms with van der Waals surface area (Å²) in [6.07, 6.45) is 1.17. The van der Waals surface area contributed by atoms with Gasteiger partial charge in [-0.1, -0.05) is 35.3 Å². The first kappa shape index (κ1) is 25.0. The van der Waals surface area contributed by atoms with Crippen LogP contribution in [0.25, 0.3) is 0 Å². The van der Waals surface area contributed by atoms with Crippen molar-refractivity contribution in [3.63, 3.8) is 0 Å². The number of carboxylic acids is 1. The third kappa shape index (κ3) is 5.56. The molecule has 0 saturated carbocycles. The second-order valence-corrected chi connectivity index (χ2v) is 8.36. The van der Waals surface area contributed by atoms with Crippen LogP contribution in [0.5, 0.6) is 11.6 Å². The van der Waals surface area contributed by atoms with Crippen LogP contribution in [-0.4, -0.2) is 30.2 Å². The van der Waals surface area contributed by atoms with Crippen LogP contribution < -0.4 is 21.4 Å². The van der Waals surface area contributed by atoms with E-state index in [4.69, 9.17) is 33.0 Å². The number of anilines is 2. The number of nitrogens with zero attached hydrogens (tertiary/aromatic N) is 4. The smallest absolute Gasteiger partial charge is 0.354 e. The van der Waals surface area contributed by atoms with Crippen molar-refractivity contribution in [2.24, 2.45) is 0 Å². The van der Waals surface area contributed by atoms with Gasteiger partial charge in [0.25, 0.3) is 0 Å². The van der Waals surface area contributed by atoms with E-state index < -0.39 is 17.3 Å². The minimum absolute atomic E-state index is 0.0233. The number of nitrogens with one attached hydrogen (secondary N) is 1. The molecular weight excluding hydrogens is 509 g/mol. The summed E-state index contributed by atoms with van der Waals surface area (Å²) in [6.45, 7) is 2.01. The average molecular weight is 528 g/mol. The van der Waals surface area contributed by atoms with Crippen LogP contribution in [0, 0.1) is 0 Å². The number of pyridine rings is 1. The van der Waals surface area contributed by atoms with Gasteiger partial charge in [-0.2, -0.15) is 4.98 Å². The van der Waals surface area contributed by atoms with Crippen LogP contribution in [0.3, 0.4) is 0 Å². The molecule has 0 atom stereocenters. The highest BCUT2D eigenvalue weighted by Gasteiger charge is 2.14. The van der Waals surface area contributed by atoms with Gasteiger partial charge >= 0.3 is 17.3 Å². The molecule has 184 valence electrons. The molecule has 0 aliphatic carbocycles. The third-order valence-electron chi connectivity index (χ3n) is 5.11. The summed E-state index contributed by atoms with van der Waals surface area (Å²) in [6, 6.07) is 14.5. The van der Waals surface area contributed by atoms with Crippen molar-refractivity contribution in [1.82, 2.24) is 19.1 Å². The summed E-state index contributed by atoms with van der Waals surface area (Å²) in [5, 5.41) is 12.7. The van der Waals surface area contributed by atoms with Gasteiger partial charge in [-0.3, -0.25) is 4.57 Å². The number of rotatable bonds is 8. The summed E-state index contributed by atoms with van der Waals surface area (Å²) in [4.78, 5) is 44.4. The molecule has 36 heavy (non-hydrogen) atoms. The van der Waals surface area contributed by atoms with Crippen LogP contribution in [-0.2, 0) is 13.1 Å². The lowest BCUT2D eigenvalue weighted by Crippen LogP contribution is -2.42. The third-order valence-corrected chi connectivity index (χ3v) is 5.65. The second-order valence-electron chi connectivity index (χ2n) is 7.52. The van der Waals surface area contributed by atoms with Crippen molar-refractivity contribution in [1.29, 1.82) is 0 Å². The molecule has 0 radical (unpaired) electrons. The van der Waals surface area contributed by atoms with Crippen LogP contribution in [0.1, 0.15) is 22.8 Å². The molecule has 4 rings (SSSR count). The molecule has 2 N–H and O–H groups in total. The Labute approximate surface area is 214 Å². The Hall–Kier alpha value is -4.15. The van der Waals surface area contributed by atoms with Gasteiger partial charge in [0.1, 0.15) is 5.75 Å². The summed E-state index contributed by atoms with van der Waals surface area (Å²) >= 11 is 12.3. The summed E-state index contributed by atoms with van der Waals surface area (Å²) in [7, 11) is 0. The number of benzene rings is 2. The zero-order chi connectivity index (χ0) is 25.8. The van der Waals surface area contributed by atoms with Gasteiger partial charge < -0.3 is 15.2 Å². The van der Waals surface area contributed by atoms with Gasteiger partial charge in [0.15, 0.2) is 0 Å². The fraction of sp³-hybridized carbons (Fsp3) is 0.125. The molecule has 0 amide bonds. The van der Waals surface area contributed by atoms with E-state index in [0.29, 0.717) is 10.7 Å². The van der Waals surface area contributed by atoms with Crippen molar-refractivity contribution in [2.75, 3.05) is 5.32 Å². The summed E-state index contributed by atoms with van der Waals surface area (Å²) in [5.41, 5.74) is 0.0640. The minimum atomic E-state index is -1.10. The lowest BCUT2D eigenvalue weighted by Gasteiger charge is -2.16. The zero-order valence-electron chi connectivity index (χ0n) is 18.8. The van der Waals surface area contributed by atoms with Crippen molar-refractivity contribution in [2.45, 2.75) is 20.0 Å². The Balaban J connectivity index is 1.62. The van der Waals surface area contributed by atoms with E-state index in [1.54, 1.807) is 43.3 Å². The normalized spacial score (nSPS) is 10.8. The predicted molar refractivity (Wildman–Crippen MR) is 135 cm³/mol. The quantitative estimate of drug-likeness (QED) is 0.344. The second kappa shape index (κ2) is 10.6. The number of hydrogen-bond donors (Lipinski definition) is 2. The lowest BCUT2D eigenvalue weighted by molar-refractivity contribution is 0.0696. The van der Waals surface area contributed by atoms with E-state index in [2.05, 4.69) is 15.3 Å². The predicted octanol–water partition coefficient (Wildman–Crippen LogP) is 4.41. The number of ether oxygens (including phenoxy) is 1. The Morgan fingerprint density at radius 3 is 2.42 bits per heavy atom. The van der Waals surface area contributed by atoms with Gasteiger partial charge in [0.2, 0.25) is 11.8 Å². The monoisotopic (exact) mass is 527 g/mol. The van der Waals surface area contributed by atoms with Crippen LogP contribution >= 0.6 is 23.2 Å². The molecule has 2 aromatic carbocycles. The van der Waals surface area contributed by atoms with Crippen molar-refractivity contribution in [3.8, 4) is 11.6 Å². The number of carboxylic acid groups (broad SMARTS) is 1. The van der Waals surface area contributed by atoms with E-state index in [0.717, 1.165) is 10.1 Å². The molecule has 4 aromatic rings. The van der Waals surface area contributed by atoms with Crippen LogP contribution in [0.4, 0.5) is 11.6 Å². The molecule has 10 nitrogen and oxygen atoms in total. The molecule has 0 aliphatic heterocycles. The highest BCUT2D eigenvalue weighted by Crippen LogP contribution is 2.31. The van der Waals surface area contributed by atoms with Crippen LogP contribution in [0.15, 0.2) is 70.4 Å². The first-order chi connectivity index (χ1) is 17.2. The maximum Gasteiger partial charge on any atom is 0.354 e. The molecule has 2 aromatic heterocycles.